The van der Waals surface area contributed by atoms with E-state index in [-0.39, 0.29) is 4.90 Å². The maximum Gasteiger partial charge on any atom is 0.244 e. The molecule has 8 heteroatoms. The maximum absolute atomic E-state index is 13.7. The molecule has 0 aliphatic heterocycles. The fraction of sp³-hybridized carbons (Fsp3) is 0.182. The summed E-state index contributed by atoms with van der Waals surface area (Å²) in [6.07, 6.45) is 1.59. The zero-order valence-corrected chi connectivity index (χ0v) is 13.0. The van der Waals surface area contributed by atoms with Gasteiger partial charge in [0.1, 0.15) is 15.7 Å². The van der Waals surface area contributed by atoms with Crippen LogP contribution in [0.15, 0.2) is 39.1 Å². The molecular formula is C11H10BrFN2O2S2. The molecule has 0 fully saturated rings. The van der Waals surface area contributed by atoms with E-state index in [2.05, 4.69) is 25.6 Å². The summed E-state index contributed by atoms with van der Waals surface area (Å²) >= 11 is 4.42. The van der Waals surface area contributed by atoms with Gasteiger partial charge in [0.2, 0.25) is 10.0 Å². The number of aromatic nitrogens is 1. The number of nitrogens with one attached hydrogen (secondary N) is 1. The Morgan fingerprint density at radius 1 is 1.47 bits per heavy atom. The second-order valence-electron chi connectivity index (χ2n) is 3.79. The van der Waals surface area contributed by atoms with Crippen LogP contribution in [-0.2, 0) is 10.0 Å². The van der Waals surface area contributed by atoms with Gasteiger partial charge in [0.05, 0.1) is 6.04 Å². The molecule has 4 nitrogen and oxygen atoms in total. The lowest BCUT2D eigenvalue weighted by Crippen LogP contribution is -2.27. The molecule has 102 valence electrons. The van der Waals surface area contributed by atoms with Crippen LogP contribution < -0.4 is 4.72 Å². The minimum atomic E-state index is -3.91. The number of halogens is 2. The van der Waals surface area contributed by atoms with Gasteiger partial charge in [0, 0.05) is 16.0 Å². The van der Waals surface area contributed by atoms with Crippen molar-refractivity contribution in [1.29, 1.82) is 0 Å². The predicted molar refractivity (Wildman–Crippen MR) is 75.0 cm³/mol. The van der Waals surface area contributed by atoms with Crippen LogP contribution in [0.2, 0.25) is 0 Å². The Bertz CT molecular complexity index is 674. The van der Waals surface area contributed by atoms with Crippen molar-refractivity contribution in [3.8, 4) is 0 Å². The van der Waals surface area contributed by atoms with Gasteiger partial charge in [-0.25, -0.2) is 22.5 Å². The largest absolute Gasteiger partial charge is 0.248 e. The smallest absolute Gasteiger partial charge is 0.244 e. The third-order valence-corrected chi connectivity index (χ3v) is 5.36. The summed E-state index contributed by atoms with van der Waals surface area (Å²) in [5.41, 5.74) is 0. The second-order valence-corrected chi connectivity index (χ2v) is 7.31. The topological polar surface area (TPSA) is 59.1 Å². The van der Waals surface area contributed by atoms with E-state index in [4.69, 9.17) is 0 Å². The minimum Gasteiger partial charge on any atom is -0.248 e. The summed E-state index contributed by atoms with van der Waals surface area (Å²) in [5, 5.41) is 2.38. The fourth-order valence-corrected chi connectivity index (χ4v) is 3.81. The Kier molecular flexibility index (Phi) is 4.34. The van der Waals surface area contributed by atoms with E-state index in [1.54, 1.807) is 18.5 Å². The Morgan fingerprint density at radius 2 is 2.21 bits per heavy atom. The van der Waals surface area contributed by atoms with E-state index in [0.29, 0.717) is 9.48 Å². The molecule has 2 aromatic rings. The summed E-state index contributed by atoms with van der Waals surface area (Å²) in [7, 11) is -3.91. The van der Waals surface area contributed by atoms with E-state index in [1.807, 2.05) is 0 Å². The zero-order chi connectivity index (χ0) is 14.0. The monoisotopic (exact) mass is 364 g/mol. The van der Waals surface area contributed by atoms with E-state index >= 15 is 0 Å². The van der Waals surface area contributed by atoms with Crippen LogP contribution >= 0.6 is 27.3 Å². The Hall–Kier alpha value is -0.830. The van der Waals surface area contributed by atoms with Crippen molar-refractivity contribution in [3.63, 3.8) is 0 Å². The van der Waals surface area contributed by atoms with Gasteiger partial charge in [0.25, 0.3) is 0 Å². The van der Waals surface area contributed by atoms with E-state index in [9.17, 15) is 12.8 Å². The van der Waals surface area contributed by atoms with E-state index < -0.39 is 21.9 Å². The summed E-state index contributed by atoms with van der Waals surface area (Å²) in [5.74, 6) is -0.798. The molecule has 2 rings (SSSR count). The lowest BCUT2D eigenvalue weighted by Gasteiger charge is -2.12. The number of benzene rings is 1. The van der Waals surface area contributed by atoms with Crippen LogP contribution in [0.1, 0.15) is 18.0 Å². The van der Waals surface area contributed by atoms with Gasteiger partial charge in [-0.2, -0.15) is 0 Å². The van der Waals surface area contributed by atoms with Crippen LogP contribution in [-0.4, -0.2) is 13.4 Å². The van der Waals surface area contributed by atoms with Gasteiger partial charge in [-0.3, -0.25) is 0 Å². The molecular weight excluding hydrogens is 355 g/mol. The molecule has 0 aliphatic carbocycles. The normalized spacial score (nSPS) is 13.4. The Labute approximate surface area is 122 Å². The van der Waals surface area contributed by atoms with Crippen LogP contribution in [0.5, 0.6) is 0 Å². The molecule has 1 aromatic carbocycles. The first-order valence-corrected chi connectivity index (χ1v) is 8.42. The number of hydrogen-bond donors (Lipinski definition) is 1. The van der Waals surface area contributed by atoms with Crippen molar-refractivity contribution < 1.29 is 12.8 Å². The van der Waals surface area contributed by atoms with Crippen LogP contribution in [0, 0.1) is 5.82 Å². The average Bonchev–Trinajstić information content (AvgIpc) is 2.80. The van der Waals surface area contributed by atoms with E-state index in [0.717, 1.165) is 6.07 Å². The number of rotatable bonds is 4. The third-order valence-electron chi connectivity index (χ3n) is 2.34. The Balaban J connectivity index is 2.28. The van der Waals surface area contributed by atoms with Crippen molar-refractivity contribution in [1.82, 2.24) is 9.71 Å². The molecule has 1 atom stereocenters. The molecule has 0 spiro atoms. The molecule has 0 saturated heterocycles. The number of sulfonamides is 1. The quantitative estimate of drug-likeness (QED) is 0.906. The molecule has 0 aliphatic rings. The molecule has 1 N–H and O–H groups in total. The SMILES string of the molecule is CC(NS(=O)(=O)c1ccc(Br)cc1F)c1nccs1. The van der Waals surface area contributed by atoms with E-state index in [1.165, 1.54) is 23.5 Å². The number of thiazole rings is 1. The molecule has 0 saturated carbocycles. The number of hydrogen-bond acceptors (Lipinski definition) is 4. The van der Waals surface area contributed by atoms with Gasteiger partial charge < -0.3 is 0 Å². The van der Waals surface area contributed by atoms with Gasteiger partial charge in [-0.05, 0) is 25.1 Å². The summed E-state index contributed by atoms with van der Waals surface area (Å²) in [4.78, 5) is 3.65. The van der Waals surface area contributed by atoms with Crippen molar-refractivity contribution in [2.75, 3.05) is 0 Å². The molecule has 1 heterocycles. The molecule has 19 heavy (non-hydrogen) atoms. The Morgan fingerprint density at radius 3 is 2.79 bits per heavy atom. The number of nitrogens with zero attached hydrogens (tertiary/aromatic N) is 1. The molecule has 0 bridgehead atoms. The van der Waals surface area contributed by atoms with Gasteiger partial charge in [-0.1, -0.05) is 15.9 Å². The average molecular weight is 365 g/mol. The van der Waals surface area contributed by atoms with Crippen molar-refractivity contribution in [2.24, 2.45) is 0 Å². The van der Waals surface area contributed by atoms with Crippen molar-refractivity contribution in [3.05, 3.63) is 45.1 Å². The zero-order valence-electron chi connectivity index (χ0n) is 9.80. The van der Waals surface area contributed by atoms with Crippen LogP contribution in [0.4, 0.5) is 4.39 Å². The highest BCUT2D eigenvalue weighted by Gasteiger charge is 2.23. The van der Waals surface area contributed by atoms with Crippen molar-refractivity contribution in [2.45, 2.75) is 17.9 Å². The van der Waals surface area contributed by atoms with Crippen LogP contribution in [0.25, 0.3) is 0 Å². The third kappa shape index (κ3) is 3.38. The lowest BCUT2D eigenvalue weighted by atomic mass is 10.3. The maximum atomic E-state index is 13.7. The summed E-state index contributed by atoms with van der Waals surface area (Å²) in [6, 6.07) is 3.30. The highest BCUT2D eigenvalue weighted by Crippen LogP contribution is 2.22. The highest BCUT2D eigenvalue weighted by atomic mass is 79.9. The minimum absolute atomic E-state index is 0.376. The summed E-state index contributed by atoms with van der Waals surface area (Å²) < 4.78 is 40.7. The fourth-order valence-electron chi connectivity index (χ4n) is 1.49. The first-order chi connectivity index (χ1) is 8.90. The van der Waals surface area contributed by atoms with Crippen molar-refractivity contribution >= 4 is 37.3 Å². The highest BCUT2D eigenvalue weighted by molar-refractivity contribution is 9.10. The van der Waals surface area contributed by atoms with Gasteiger partial charge in [0.15, 0.2) is 0 Å². The predicted octanol–water partition coefficient (Wildman–Crippen LogP) is 3.08. The standard InChI is InChI=1S/C11H10BrFN2O2S2/c1-7(11-14-4-5-18-11)15-19(16,17)10-3-2-8(12)6-9(10)13/h2-7,15H,1H3. The van der Waals surface area contributed by atoms with Gasteiger partial charge in [-0.15, -0.1) is 11.3 Å². The molecule has 0 radical (unpaired) electrons. The molecule has 0 amide bonds. The van der Waals surface area contributed by atoms with Gasteiger partial charge >= 0.3 is 0 Å². The molecule has 1 unspecified atom stereocenters. The molecule has 1 aromatic heterocycles. The van der Waals surface area contributed by atoms with Crippen LogP contribution in [0.3, 0.4) is 0 Å². The second kappa shape index (κ2) is 5.66. The first kappa shape index (κ1) is 14.6. The summed E-state index contributed by atoms with van der Waals surface area (Å²) in [6.45, 7) is 1.66. The first-order valence-electron chi connectivity index (χ1n) is 5.27. The lowest BCUT2D eigenvalue weighted by molar-refractivity contribution is 0.546.